The van der Waals surface area contributed by atoms with Gasteiger partial charge in [0.15, 0.2) is 0 Å². The molecule has 0 amide bonds. The molecule has 0 heterocycles. The fraction of sp³-hybridized carbons (Fsp3) is 0.278. The minimum atomic E-state index is -5.60. The van der Waals surface area contributed by atoms with Gasteiger partial charge in [0.1, 0.15) is 6.61 Å². The van der Waals surface area contributed by atoms with E-state index in [1.165, 1.54) is 12.1 Å². The largest absolute Gasteiger partial charge is 0.516 e. The normalized spacial score (nSPS) is 12.7. The van der Waals surface area contributed by atoms with Gasteiger partial charge >= 0.3 is 15.5 Å². The van der Waals surface area contributed by atoms with Crippen molar-refractivity contribution in [2.75, 3.05) is 4.72 Å². The lowest BCUT2D eigenvalue weighted by Crippen LogP contribution is -2.30. The van der Waals surface area contributed by atoms with Crippen molar-refractivity contribution in [1.82, 2.24) is 0 Å². The van der Waals surface area contributed by atoms with Crippen LogP contribution in [0.5, 0.6) is 0 Å². The maximum Gasteiger partial charge on any atom is 0.516 e. The first-order valence-electron chi connectivity index (χ1n) is 8.35. The molecule has 0 aliphatic carbocycles. The summed E-state index contributed by atoms with van der Waals surface area (Å²) in [5.41, 5.74) is -4.53. The summed E-state index contributed by atoms with van der Waals surface area (Å²) >= 11 is 9.29. The number of anilines is 1. The molecule has 0 saturated heterocycles. The molecule has 0 aliphatic rings. The van der Waals surface area contributed by atoms with Crippen LogP contribution in [-0.4, -0.2) is 19.6 Å². The van der Waals surface area contributed by atoms with E-state index in [1.807, 2.05) is 31.2 Å². The smallest absolute Gasteiger partial charge is 0.391 e. The van der Waals surface area contributed by atoms with Crippen LogP contribution in [0.25, 0.3) is 0 Å². The highest BCUT2D eigenvalue weighted by atomic mass is 79.9. The molecule has 0 aliphatic heterocycles. The molecule has 158 valence electrons. The van der Waals surface area contributed by atoms with Crippen molar-refractivity contribution >= 4 is 49.0 Å². The van der Waals surface area contributed by atoms with Crippen molar-refractivity contribution in [2.45, 2.75) is 31.9 Å². The summed E-state index contributed by atoms with van der Waals surface area (Å²) in [5.74, 6) is 0. The average Bonchev–Trinajstić information content (AvgIpc) is 2.63. The van der Waals surface area contributed by atoms with Gasteiger partial charge in [0.05, 0.1) is 11.4 Å². The maximum absolute atomic E-state index is 12.8. The average molecular weight is 514 g/mol. The quantitative estimate of drug-likeness (QED) is 0.343. The Balaban J connectivity index is 2.33. The highest BCUT2D eigenvalue weighted by Gasteiger charge is 2.46. The maximum atomic E-state index is 12.8. The molecular weight excluding hydrogens is 497 g/mol. The zero-order chi connectivity index (χ0) is 21.7. The molecule has 5 nitrogen and oxygen atoms in total. The summed E-state index contributed by atoms with van der Waals surface area (Å²) < 4.78 is 63.8. The predicted molar refractivity (Wildman–Crippen MR) is 110 cm³/mol. The van der Waals surface area contributed by atoms with E-state index in [0.29, 0.717) is 12.8 Å². The second kappa shape index (κ2) is 9.82. The zero-order valence-corrected chi connectivity index (χ0v) is 18.3. The molecule has 2 rings (SSSR count). The molecule has 0 unspecified atom stereocenters. The van der Waals surface area contributed by atoms with Gasteiger partial charge in [-0.05, 0) is 42.3 Å². The topological polar surface area (TPSA) is 67.8 Å². The number of hydrogen-bond acceptors (Lipinski definition) is 4. The van der Waals surface area contributed by atoms with E-state index in [2.05, 4.69) is 21.1 Å². The predicted octanol–water partition coefficient (Wildman–Crippen LogP) is 6.09. The van der Waals surface area contributed by atoms with Gasteiger partial charge in [0.25, 0.3) is 0 Å². The van der Waals surface area contributed by atoms with Crippen LogP contribution in [0.1, 0.15) is 30.9 Å². The van der Waals surface area contributed by atoms with Gasteiger partial charge < -0.3 is 4.84 Å². The first-order valence-corrected chi connectivity index (χ1v) is 11.0. The van der Waals surface area contributed by atoms with Crippen molar-refractivity contribution < 1.29 is 26.4 Å². The second-order valence-electron chi connectivity index (χ2n) is 5.93. The Kier molecular flexibility index (Phi) is 7.95. The number of sulfonamides is 1. The molecule has 0 saturated carbocycles. The third-order valence-electron chi connectivity index (χ3n) is 3.65. The monoisotopic (exact) mass is 512 g/mol. The fourth-order valence-corrected chi connectivity index (χ4v) is 3.30. The van der Waals surface area contributed by atoms with Crippen LogP contribution in [0, 0.1) is 0 Å². The number of hydrogen-bond donors (Lipinski definition) is 1. The fourth-order valence-electron chi connectivity index (χ4n) is 2.28. The van der Waals surface area contributed by atoms with E-state index >= 15 is 0 Å². The number of oxime groups is 1. The summed E-state index contributed by atoms with van der Waals surface area (Å²) in [6.45, 7) is 1.97. The number of benzene rings is 2. The first-order chi connectivity index (χ1) is 13.5. The van der Waals surface area contributed by atoms with E-state index in [9.17, 15) is 21.6 Å². The summed E-state index contributed by atoms with van der Waals surface area (Å²) in [6.07, 6.45) is 0.930. The van der Waals surface area contributed by atoms with Crippen LogP contribution in [0.2, 0.25) is 5.02 Å². The lowest BCUT2D eigenvalue weighted by molar-refractivity contribution is -0.0429. The number of halogens is 5. The van der Waals surface area contributed by atoms with Gasteiger partial charge in [0.2, 0.25) is 0 Å². The Morgan fingerprint density at radius 2 is 1.86 bits per heavy atom. The Bertz CT molecular complexity index is 981. The van der Waals surface area contributed by atoms with E-state index in [-0.39, 0.29) is 28.6 Å². The van der Waals surface area contributed by atoms with Crippen molar-refractivity contribution in [3.63, 3.8) is 0 Å². The minimum Gasteiger partial charge on any atom is -0.391 e. The lowest BCUT2D eigenvalue weighted by atomic mass is 10.0. The first kappa shape index (κ1) is 23.5. The molecule has 29 heavy (non-hydrogen) atoms. The molecule has 0 aromatic heterocycles. The molecule has 2 aromatic rings. The molecule has 0 radical (unpaired) electrons. The standard InChI is InChI=1S/C18H17BrClF3N2O3S/c1-2-3-16(24-28-11-12-4-6-13(19)7-5-12)15-10-14(20)8-9-17(15)25-29(26,27)18(21,22)23/h4-10,25H,2-3,11H2,1H3. The van der Waals surface area contributed by atoms with Crippen LogP contribution in [0.4, 0.5) is 18.9 Å². The van der Waals surface area contributed by atoms with E-state index in [1.54, 1.807) is 4.72 Å². The van der Waals surface area contributed by atoms with Crippen molar-refractivity contribution in [1.29, 1.82) is 0 Å². The van der Waals surface area contributed by atoms with Crippen LogP contribution in [0.15, 0.2) is 52.1 Å². The van der Waals surface area contributed by atoms with E-state index < -0.39 is 15.5 Å². The van der Waals surface area contributed by atoms with Gasteiger partial charge in [-0.3, -0.25) is 4.72 Å². The summed E-state index contributed by atoms with van der Waals surface area (Å²) in [6, 6.07) is 11.1. The SMILES string of the molecule is CCCC(=NOCc1ccc(Br)cc1)c1cc(Cl)ccc1NS(=O)(=O)C(F)(F)F. The number of alkyl halides is 3. The Morgan fingerprint density at radius 3 is 2.45 bits per heavy atom. The van der Waals surface area contributed by atoms with Crippen LogP contribution < -0.4 is 4.72 Å². The Labute approximate surface area is 180 Å². The zero-order valence-electron chi connectivity index (χ0n) is 15.1. The second-order valence-corrected chi connectivity index (χ2v) is 8.96. The minimum absolute atomic E-state index is 0.114. The van der Waals surface area contributed by atoms with Crippen molar-refractivity contribution in [3.05, 3.63) is 63.1 Å². The van der Waals surface area contributed by atoms with Crippen molar-refractivity contribution in [3.8, 4) is 0 Å². The van der Waals surface area contributed by atoms with E-state index in [0.717, 1.165) is 16.1 Å². The summed E-state index contributed by atoms with van der Waals surface area (Å²) in [5, 5.41) is 4.24. The summed E-state index contributed by atoms with van der Waals surface area (Å²) in [4.78, 5) is 5.35. The lowest BCUT2D eigenvalue weighted by Gasteiger charge is -2.15. The van der Waals surface area contributed by atoms with Gasteiger partial charge in [-0.1, -0.05) is 58.2 Å². The van der Waals surface area contributed by atoms with Crippen LogP contribution >= 0.6 is 27.5 Å². The molecule has 11 heteroatoms. The highest BCUT2D eigenvalue weighted by Crippen LogP contribution is 2.29. The van der Waals surface area contributed by atoms with Gasteiger partial charge in [0, 0.05) is 15.1 Å². The summed E-state index contributed by atoms with van der Waals surface area (Å²) in [7, 11) is -5.60. The molecule has 1 N–H and O–H groups in total. The molecule has 2 aromatic carbocycles. The third kappa shape index (κ3) is 6.61. The van der Waals surface area contributed by atoms with Gasteiger partial charge in [-0.15, -0.1) is 0 Å². The highest BCUT2D eigenvalue weighted by molar-refractivity contribution is 9.10. The molecule has 0 spiro atoms. The van der Waals surface area contributed by atoms with Gasteiger partial charge in [-0.25, -0.2) is 0 Å². The molecule has 0 bridgehead atoms. The number of rotatable bonds is 8. The van der Waals surface area contributed by atoms with Crippen LogP contribution in [-0.2, 0) is 21.5 Å². The Hall–Kier alpha value is -1.78. The Morgan fingerprint density at radius 1 is 1.21 bits per heavy atom. The third-order valence-corrected chi connectivity index (χ3v) is 5.51. The number of nitrogens with zero attached hydrogens (tertiary/aromatic N) is 1. The van der Waals surface area contributed by atoms with Gasteiger partial charge in [-0.2, -0.15) is 21.6 Å². The molecule has 0 atom stereocenters. The molecule has 0 fully saturated rings. The van der Waals surface area contributed by atoms with E-state index in [4.69, 9.17) is 16.4 Å². The number of nitrogens with one attached hydrogen (secondary N) is 1. The molecular formula is C18H17BrClF3N2O3S. The van der Waals surface area contributed by atoms with Crippen molar-refractivity contribution in [2.24, 2.45) is 5.16 Å². The van der Waals surface area contributed by atoms with Crippen LogP contribution in [0.3, 0.4) is 0 Å².